The molecule has 0 aromatic heterocycles. The molecule has 0 rings (SSSR count). The van der Waals surface area contributed by atoms with Crippen molar-refractivity contribution in [2.24, 2.45) is 17.8 Å². The Morgan fingerprint density at radius 1 is 0.825 bits per heavy atom. The van der Waals surface area contributed by atoms with Crippen molar-refractivity contribution < 1.29 is 19.1 Å². The summed E-state index contributed by atoms with van der Waals surface area (Å²) < 4.78 is 5.54. The van der Waals surface area contributed by atoms with Crippen LogP contribution in [-0.4, -0.2) is 110 Å². The van der Waals surface area contributed by atoms with Crippen molar-refractivity contribution in [2.75, 3.05) is 66.0 Å². The molecule has 0 fully saturated rings. The maximum absolute atomic E-state index is 12.8. The van der Waals surface area contributed by atoms with Crippen LogP contribution in [0.15, 0.2) is 0 Å². The first-order valence-corrected chi connectivity index (χ1v) is 15.2. The van der Waals surface area contributed by atoms with Crippen LogP contribution in [-0.2, 0) is 19.1 Å². The fourth-order valence-electron chi connectivity index (χ4n) is 4.23. The van der Waals surface area contributed by atoms with Crippen molar-refractivity contribution in [3.05, 3.63) is 0 Å². The summed E-state index contributed by atoms with van der Waals surface area (Å²) >= 11 is 0. The molecule has 0 radical (unpaired) electrons. The third-order valence-corrected chi connectivity index (χ3v) is 6.79. The molecule has 9 nitrogen and oxygen atoms in total. The van der Waals surface area contributed by atoms with E-state index in [1.54, 1.807) is 0 Å². The summed E-state index contributed by atoms with van der Waals surface area (Å²) in [5.74, 6) is 1.07. The Balaban J connectivity index is 4.52. The van der Waals surface area contributed by atoms with Gasteiger partial charge in [-0.2, -0.15) is 0 Å². The lowest BCUT2D eigenvalue weighted by molar-refractivity contribution is -0.131. The van der Waals surface area contributed by atoms with E-state index in [0.29, 0.717) is 44.6 Å². The molecule has 3 amide bonds. The highest BCUT2D eigenvalue weighted by atomic mass is 16.5. The molecule has 9 heteroatoms. The topological polar surface area (TPSA) is 94.2 Å². The van der Waals surface area contributed by atoms with Gasteiger partial charge in [0, 0.05) is 38.8 Å². The maximum Gasteiger partial charge on any atom is 0.246 e. The number of amides is 3. The first-order chi connectivity index (χ1) is 18.3. The molecule has 2 N–H and O–H groups in total. The van der Waals surface area contributed by atoms with Gasteiger partial charge in [0.15, 0.2) is 0 Å². The lowest BCUT2D eigenvalue weighted by Gasteiger charge is -2.37. The molecule has 2 unspecified atom stereocenters. The minimum Gasteiger partial charge on any atom is -0.366 e. The van der Waals surface area contributed by atoms with Crippen molar-refractivity contribution in [3.8, 4) is 0 Å². The van der Waals surface area contributed by atoms with Gasteiger partial charge >= 0.3 is 0 Å². The van der Waals surface area contributed by atoms with Crippen LogP contribution in [0.3, 0.4) is 0 Å². The number of nitrogens with zero attached hydrogens (tertiary/aromatic N) is 3. The summed E-state index contributed by atoms with van der Waals surface area (Å²) in [5.41, 5.74) is -0.530. The van der Waals surface area contributed by atoms with Crippen molar-refractivity contribution in [1.82, 2.24) is 25.3 Å². The van der Waals surface area contributed by atoms with Crippen LogP contribution in [0.2, 0.25) is 0 Å². The van der Waals surface area contributed by atoms with Crippen molar-refractivity contribution in [3.63, 3.8) is 0 Å². The summed E-state index contributed by atoms with van der Waals surface area (Å²) in [5, 5.41) is 6.06. The summed E-state index contributed by atoms with van der Waals surface area (Å²) in [6.07, 6.45) is 1.98. The lowest BCUT2D eigenvalue weighted by atomic mass is 10.0. The highest BCUT2D eigenvalue weighted by Crippen LogP contribution is 2.15. The Morgan fingerprint density at radius 3 is 1.93 bits per heavy atom. The first kappa shape index (κ1) is 38.3. The van der Waals surface area contributed by atoms with Gasteiger partial charge in [-0.1, -0.05) is 34.6 Å². The SMILES string of the molecule is CCN(CCCC(C)CNC(=O)CN(CC(C)CNC(=O)COC(C)(C)C)C(C)(C)C)CC(=O)N(C)CC(C)C. The van der Waals surface area contributed by atoms with Gasteiger partial charge < -0.3 is 20.3 Å². The Morgan fingerprint density at radius 2 is 1.40 bits per heavy atom. The molecule has 0 heterocycles. The van der Waals surface area contributed by atoms with Crippen LogP contribution in [0.1, 0.15) is 89.0 Å². The van der Waals surface area contributed by atoms with Crippen molar-refractivity contribution >= 4 is 17.7 Å². The minimum atomic E-state index is -0.350. The van der Waals surface area contributed by atoms with Crippen LogP contribution in [0.4, 0.5) is 0 Å². The number of hydrogen-bond donors (Lipinski definition) is 2. The van der Waals surface area contributed by atoms with E-state index in [1.165, 1.54) is 0 Å². The van der Waals surface area contributed by atoms with E-state index in [4.69, 9.17) is 4.74 Å². The molecule has 0 bridgehead atoms. The Hall–Kier alpha value is -1.71. The second kappa shape index (κ2) is 18.7. The monoisotopic (exact) mass is 569 g/mol. The molecular weight excluding hydrogens is 506 g/mol. The summed E-state index contributed by atoms with van der Waals surface area (Å²) in [6, 6.07) is 0. The number of ether oxygens (including phenoxy) is 1. The highest BCUT2D eigenvalue weighted by Gasteiger charge is 2.26. The molecule has 0 aliphatic heterocycles. The normalized spacial score (nSPS) is 14.0. The third-order valence-electron chi connectivity index (χ3n) is 6.79. The van der Waals surface area contributed by atoms with Crippen molar-refractivity contribution in [2.45, 2.75) is 100 Å². The van der Waals surface area contributed by atoms with Gasteiger partial charge in [-0.3, -0.25) is 24.2 Å². The second-order valence-electron chi connectivity index (χ2n) is 13.9. The van der Waals surface area contributed by atoms with Crippen molar-refractivity contribution in [1.29, 1.82) is 0 Å². The molecule has 0 aromatic carbocycles. The van der Waals surface area contributed by atoms with E-state index in [2.05, 4.69) is 75.8 Å². The molecular formula is C31H63N5O4. The number of hydrogen-bond acceptors (Lipinski definition) is 6. The zero-order valence-electron chi connectivity index (χ0n) is 28.0. The van der Waals surface area contributed by atoms with E-state index in [0.717, 1.165) is 32.5 Å². The number of carbonyl (C=O) groups is 3. The Labute approximate surface area is 246 Å². The van der Waals surface area contributed by atoms with E-state index < -0.39 is 0 Å². The lowest BCUT2D eigenvalue weighted by Crippen LogP contribution is -2.50. The van der Waals surface area contributed by atoms with Crippen LogP contribution in [0, 0.1) is 17.8 Å². The summed E-state index contributed by atoms with van der Waals surface area (Å²) in [7, 11) is 1.88. The van der Waals surface area contributed by atoms with Gasteiger partial charge in [0.05, 0.1) is 18.7 Å². The average molecular weight is 570 g/mol. The average Bonchev–Trinajstić information content (AvgIpc) is 2.82. The smallest absolute Gasteiger partial charge is 0.246 e. The molecule has 40 heavy (non-hydrogen) atoms. The molecule has 2 atom stereocenters. The maximum atomic E-state index is 12.8. The van der Waals surface area contributed by atoms with Crippen LogP contribution in [0.5, 0.6) is 0 Å². The molecule has 0 saturated heterocycles. The van der Waals surface area contributed by atoms with Gasteiger partial charge in [-0.15, -0.1) is 0 Å². The molecule has 0 spiro atoms. The predicted octanol–water partition coefficient (Wildman–Crippen LogP) is 3.62. The van der Waals surface area contributed by atoms with E-state index in [-0.39, 0.29) is 41.4 Å². The number of carbonyl (C=O) groups excluding carboxylic acids is 3. The van der Waals surface area contributed by atoms with Gasteiger partial charge in [-0.05, 0) is 85.2 Å². The highest BCUT2D eigenvalue weighted by molar-refractivity contribution is 5.78. The Kier molecular flexibility index (Phi) is 17.9. The van der Waals surface area contributed by atoms with E-state index in [1.807, 2.05) is 32.7 Å². The standard InChI is InChI=1S/C31H63N5O4/c1-13-35(22-29(39)34(12)19-24(2)3)16-14-15-25(4)17-32-27(37)21-36(30(6,7)8)20-26(5)18-33-28(38)23-40-31(9,10)11/h24-26H,13-23H2,1-12H3,(H,32,37)(H,33,38). The van der Waals surface area contributed by atoms with E-state index >= 15 is 0 Å². The van der Waals surface area contributed by atoms with Crippen LogP contribution in [0.25, 0.3) is 0 Å². The Bertz CT molecular complexity index is 745. The first-order valence-electron chi connectivity index (χ1n) is 15.2. The van der Waals surface area contributed by atoms with E-state index in [9.17, 15) is 14.4 Å². The second-order valence-corrected chi connectivity index (χ2v) is 13.9. The fraction of sp³-hybridized carbons (Fsp3) is 0.903. The molecule has 0 saturated carbocycles. The summed E-state index contributed by atoms with van der Waals surface area (Å²) in [4.78, 5) is 43.6. The zero-order valence-corrected chi connectivity index (χ0v) is 28.0. The summed E-state index contributed by atoms with van der Waals surface area (Å²) in [6.45, 7) is 27.9. The number of likely N-dealkylation sites (N-methyl/N-ethyl adjacent to an activating group) is 2. The zero-order chi connectivity index (χ0) is 31.1. The number of nitrogens with one attached hydrogen (secondary N) is 2. The number of rotatable bonds is 19. The molecule has 236 valence electrons. The van der Waals surface area contributed by atoms with Gasteiger partial charge in [-0.25, -0.2) is 0 Å². The molecule has 0 aliphatic carbocycles. The molecule has 0 aliphatic rings. The minimum absolute atomic E-state index is 0.0190. The third kappa shape index (κ3) is 19.4. The quantitative estimate of drug-likeness (QED) is 0.247. The predicted molar refractivity (Wildman–Crippen MR) is 165 cm³/mol. The van der Waals surface area contributed by atoms with Gasteiger partial charge in [0.25, 0.3) is 0 Å². The molecule has 0 aromatic rings. The van der Waals surface area contributed by atoms with Gasteiger partial charge in [0.1, 0.15) is 6.61 Å². The van der Waals surface area contributed by atoms with Crippen LogP contribution >= 0.6 is 0 Å². The largest absolute Gasteiger partial charge is 0.366 e. The fourth-order valence-corrected chi connectivity index (χ4v) is 4.23. The van der Waals surface area contributed by atoms with Crippen LogP contribution < -0.4 is 10.6 Å². The van der Waals surface area contributed by atoms with Gasteiger partial charge in [0.2, 0.25) is 17.7 Å².